The molecule has 0 bridgehead atoms. The quantitative estimate of drug-likeness (QED) is 0.491. The second kappa shape index (κ2) is 10.3. The number of benzene rings is 3. The highest BCUT2D eigenvalue weighted by Gasteiger charge is 2.27. The fraction of sp³-hybridized carbons (Fsp3) is 0.174. The van der Waals surface area contributed by atoms with Gasteiger partial charge in [-0.15, -0.1) is 0 Å². The number of amides is 1. The van der Waals surface area contributed by atoms with Crippen LogP contribution in [0.25, 0.3) is 0 Å². The van der Waals surface area contributed by atoms with Crippen molar-refractivity contribution in [1.29, 1.82) is 0 Å². The number of nitrogens with one attached hydrogen (secondary N) is 2. The van der Waals surface area contributed by atoms with Crippen LogP contribution < -0.4 is 10.0 Å². The molecule has 0 aliphatic carbocycles. The Labute approximate surface area is 192 Å². The first kappa shape index (κ1) is 23.3. The van der Waals surface area contributed by atoms with E-state index in [1.54, 1.807) is 12.1 Å². The van der Waals surface area contributed by atoms with Crippen molar-refractivity contribution in [2.24, 2.45) is 0 Å². The second-order valence-corrected chi connectivity index (χ2v) is 9.69. The van der Waals surface area contributed by atoms with Crippen molar-refractivity contribution in [2.45, 2.75) is 30.3 Å². The monoisotopic (exact) mass is 476 g/mol. The van der Waals surface area contributed by atoms with Gasteiger partial charge in [0.25, 0.3) is 0 Å². The third kappa shape index (κ3) is 6.55. The molecule has 0 radical (unpaired) electrons. The lowest BCUT2D eigenvalue weighted by Crippen LogP contribution is -2.48. The first-order valence-corrected chi connectivity index (χ1v) is 11.9. The minimum Gasteiger partial charge on any atom is -0.348 e. The average molecular weight is 477 g/mol. The molecule has 5 nitrogen and oxygen atoms in total. The Morgan fingerprint density at radius 3 is 2.00 bits per heavy atom. The molecule has 0 saturated heterocycles. The smallest absolute Gasteiger partial charge is 0.241 e. The fourth-order valence-corrected chi connectivity index (χ4v) is 4.50. The first-order valence-electron chi connectivity index (χ1n) is 9.62. The van der Waals surface area contributed by atoms with E-state index < -0.39 is 22.0 Å². The molecule has 0 fully saturated rings. The van der Waals surface area contributed by atoms with Gasteiger partial charge in [0.1, 0.15) is 6.04 Å². The summed E-state index contributed by atoms with van der Waals surface area (Å²) in [6.07, 6.45) is 0.201. The molecule has 3 rings (SSSR count). The molecule has 0 aliphatic heterocycles. The molecule has 31 heavy (non-hydrogen) atoms. The van der Waals surface area contributed by atoms with Crippen LogP contribution in [0.5, 0.6) is 0 Å². The van der Waals surface area contributed by atoms with Crippen molar-refractivity contribution in [3.63, 3.8) is 0 Å². The Hall–Kier alpha value is -2.38. The molecule has 2 atom stereocenters. The van der Waals surface area contributed by atoms with E-state index in [0.29, 0.717) is 10.0 Å². The van der Waals surface area contributed by atoms with Gasteiger partial charge in [-0.2, -0.15) is 4.72 Å². The SMILES string of the molecule is C[C@H](NC(=O)[C@@H](Cc1ccccc1)NS(=O)(=O)c1ccc(Cl)cc1)c1ccc(Cl)cc1. The molecule has 3 aromatic carbocycles. The molecule has 1 amide bonds. The summed E-state index contributed by atoms with van der Waals surface area (Å²) in [6.45, 7) is 1.83. The average Bonchev–Trinajstić information content (AvgIpc) is 2.74. The van der Waals surface area contributed by atoms with Crippen LogP contribution >= 0.6 is 23.2 Å². The summed E-state index contributed by atoms with van der Waals surface area (Å²) < 4.78 is 28.3. The van der Waals surface area contributed by atoms with Crippen LogP contribution in [-0.2, 0) is 21.2 Å². The molecular weight excluding hydrogens is 455 g/mol. The van der Waals surface area contributed by atoms with Gasteiger partial charge in [-0.25, -0.2) is 8.42 Å². The van der Waals surface area contributed by atoms with Crippen molar-refractivity contribution in [3.8, 4) is 0 Å². The van der Waals surface area contributed by atoms with E-state index in [1.807, 2.05) is 49.4 Å². The zero-order valence-electron chi connectivity index (χ0n) is 16.8. The van der Waals surface area contributed by atoms with Gasteiger partial charge in [-0.1, -0.05) is 65.7 Å². The number of hydrogen-bond donors (Lipinski definition) is 2. The lowest BCUT2D eigenvalue weighted by Gasteiger charge is -2.22. The summed E-state index contributed by atoms with van der Waals surface area (Å²) in [5, 5.41) is 3.91. The van der Waals surface area contributed by atoms with Gasteiger partial charge in [0.05, 0.1) is 10.9 Å². The number of halogens is 2. The van der Waals surface area contributed by atoms with Crippen LogP contribution in [-0.4, -0.2) is 20.4 Å². The molecule has 2 N–H and O–H groups in total. The van der Waals surface area contributed by atoms with Gasteiger partial charge in [0.2, 0.25) is 15.9 Å². The highest BCUT2D eigenvalue weighted by Crippen LogP contribution is 2.18. The highest BCUT2D eigenvalue weighted by atomic mass is 35.5. The standard InChI is InChI=1S/C23H22Cl2N2O3S/c1-16(18-7-9-19(24)10-8-18)26-23(28)22(15-17-5-3-2-4-6-17)27-31(29,30)21-13-11-20(25)12-14-21/h2-14,16,22,27H,15H2,1H3,(H,26,28)/t16-,22+/m0/s1. The highest BCUT2D eigenvalue weighted by molar-refractivity contribution is 7.89. The normalized spacial score (nSPS) is 13.4. The zero-order valence-corrected chi connectivity index (χ0v) is 19.1. The summed E-state index contributed by atoms with van der Waals surface area (Å²) >= 11 is 11.8. The molecule has 0 spiro atoms. The lowest BCUT2D eigenvalue weighted by molar-refractivity contribution is -0.123. The van der Waals surface area contributed by atoms with Crippen LogP contribution in [0.15, 0.2) is 83.8 Å². The molecule has 162 valence electrons. The van der Waals surface area contributed by atoms with Gasteiger partial charge in [-0.3, -0.25) is 4.79 Å². The van der Waals surface area contributed by atoms with E-state index in [0.717, 1.165) is 11.1 Å². The number of rotatable bonds is 8. The van der Waals surface area contributed by atoms with Gasteiger partial charge in [0, 0.05) is 10.0 Å². The topological polar surface area (TPSA) is 75.3 Å². The Bertz CT molecular complexity index is 1120. The lowest BCUT2D eigenvalue weighted by atomic mass is 10.0. The third-order valence-corrected chi connectivity index (χ3v) is 6.74. The maximum atomic E-state index is 13.1. The predicted molar refractivity (Wildman–Crippen MR) is 124 cm³/mol. The number of sulfonamides is 1. The molecular formula is C23H22Cl2N2O3S. The largest absolute Gasteiger partial charge is 0.348 e. The second-order valence-electron chi connectivity index (χ2n) is 7.10. The van der Waals surface area contributed by atoms with Crippen LogP contribution in [0.2, 0.25) is 10.0 Å². The molecule has 0 saturated carbocycles. The van der Waals surface area contributed by atoms with E-state index >= 15 is 0 Å². The Kier molecular flexibility index (Phi) is 7.73. The Morgan fingerprint density at radius 1 is 0.871 bits per heavy atom. The summed E-state index contributed by atoms with van der Waals surface area (Å²) in [5.74, 6) is -0.427. The molecule has 0 unspecified atom stereocenters. The van der Waals surface area contributed by atoms with Gasteiger partial charge >= 0.3 is 0 Å². The maximum Gasteiger partial charge on any atom is 0.241 e. The molecule has 0 aromatic heterocycles. The summed E-state index contributed by atoms with van der Waals surface area (Å²) in [4.78, 5) is 13.1. The summed E-state index contributed by atoms with van der Waals surface area (Å²) in [6, 6.07) is 20.8. The fourth-order valence-electron chi connectivity index (χ4n) is 3.06. The van der Waals surface area contributed by atoms with E-state index in [-0.39, 0.29) is 17.4 Å². The van der Waals surface area contributed by atoms with Crippen LogP contribution in [0.3, 0.4) is 0 Å². The van der Waals surface area contributed by atoms with E-state index in [1.165, 1.54) is 24.3 Å². The van der Waals surface area contributed by atoms with Crippen LogP contribution in [0, 0.1) is 0 Å². The number of carbonyl (C=O) groups excluding carboxylic acids is 1. The number of hydrogen-bond acceptors (Lipinski definition) is 3. The molecule has 0 aliphatic rings. The summed E-state index contributed by atoms with van der Waals surface area (Å²) in [5.41, 5.74) is 1.69. The van der Waals surface area contributed by atoms with E-state index in [9.17, 15) is 13.2 Å². The van der Waals surface area contributed by atoms with Crippen LogP contribution in [0.1, 0.15) is 24.1 Å². The maximum absolute atomic E-state index is 13.1. The summed E-state index contributed by atoms with van der Waals surface area (Å²) in [7, 11) is -3.93. The van der Waals surface area contributed by atoms with E-state index in [2.05, 4.69) is 10.0 Å². The van der Waals surface area contributed by atoms with E-state index in [4.69, 9.17) is 23.2 Å². The molecule has 3 aromatic rings. The van der Waals surface area contributed by atoms with Crippen molar-refractivity contribution >= 4 is 39.1 Å². The van der Waals surface area contributed by atoms with Crippen molar-refractivity contribution in [3.05, 3.63) is 100 Å². The molecule has 0 heterocycles. The number of carbonyl (C=O) groups is 1. The first-order chi connectivity index (χ1) is 14.7. The minimum absolute atomic E-state index is 0.0357. The van der Waals surface area contributed by atoms with Crippen molar-refractivity contribution < 1.29 is 13.2 Å². The van der Waals surface area contributed by atoms with Crippen molar-refractivity contribution in [2.75, 3.05) is 0 Å². The Balaban J connectivity index is 1.82. The van der Waals surface area contributed by atoms with Gasteiger partial charge in [-0.05, 0) is 60.9 Å². The molecule has 8 heteroatoms. The van der Waals surface area contributed by atoms with Crippen LogP contribution in [0.4, 0.5) is 0 Å². The zero-order chi connectivity index (χ0) is 22.4. The predicted octanol–water partition coefficient (Wildman–Crippen LogP) is 4.76. The third-order valence-electron chi connectivity index (χ3n) is 4.75. The minimum atomic E-state index is -3.93. The van der Waals surface area contributed by atoms with Gasteiger partial charge in [0.15, 0.2) is 0 Å². The Morgan fingerprint density at radius 2 is 1.42 bits per heavy atom. The van der Waals surface area contributed by atoms with Gasteiger partial charge < -0.3 is 5.32 Å². The van der Waals surface area contributed by atoms with Crippen molar-refractivity contribution in [1.82, 2.24) is 10.0 Å².